The van der Waals surface area contributed by atoms with Gasteiger partial charge in [-0.05, 0) is 24.3 Å². The predicted octanol–water partition coefficient (Wildman–Crippen LogP) is 4.70. The number of halogens is 4. The zero-order valence-corrected chi connectivity index (χ0v) is 11.6. The van der Waals surface area contributed by atoms with Crippen LogP contribution < -0.4 is 0 Å². The lowest BCUT2D eigenvalue weighted by atomic mass is 10.2. The minimum atomic E-state index is -0.663. The largest absolute Gasteiger partial charge is 0.295 e. The number of benzene rings is 2. The fourth-order valence-electron chi connectivity index (χ4n) is 2.16. The maximum atomic E-state index is 13.4. The predicted molar refractivity (Wildman–Crippen MR) is 75.6 cm³/mol. The summed E-state index contributed by atoms with van der Waals surface area (Å²) in [5.74, 6) is -0.753. The number of alkyl halides is 1. The van der Waals surface area contributed by atoms with Gasteiger partial charge in [0, 0.05) is 6.07 Å². The Balaban J connectivity index is 2.37. The summed E-state index contributed by atoms with van der Waals surface area (Å²) in [7, 11) is 0. The average Bonchev–Trinajstić information content (AvgIpc) is 2.77. The summed E-state index contributed by atoms with van der Waals surface area (Å²) >= 11 is 12.0. The number of nitrogens with zero attached hydrogens (tertiary/aromatic N) is 2. The van der Waals surface area contributed by atoms with E-state index in [4.69, 9.17) is 23.2 Å². The van der Waals surface area contributed by atoms with Gasteiger partial charge in [-0.15, -0.1) is 11.6 Å². The van der Waals surface area contributed by atoms with Crippen LogP contribution in [0.3, 0.4) is 0 Å². The molecule has 0 N–H and O–H groups in total. The van der Waals surface area contributed by atoms with Crippen LogP contribution in [0.1, 0.15) is 5.82 Å². The van der Waals surface area contributed by atoms with Gasteiger partial charge in [0.15, 0.2) is 0 Å². The number of imidazole rings is 1. The molecule has 3 rings (SSSR count). The normalized spacial score (nSPS) is 11.2. The number of para-hydroxylation sites is 1. The smallest absolute Gasteiger partial charge is 0.129 e. The Hall–Kier alpha value is -1.65. The van der Waals surface area contributed by atoms with Crippen LogP contribution in [0, 0.1) is 11.6 Å². The van der Waals surface area contributed by atoms with Crippen LogP contribution in [0.25, 0.3) is 16.7 Å². The second-order valence-electron chi connectivity index (χ2n) is 4.23. The molecule has 2 aromatic carbocycles. The number of fused-ring (bicyclic) bond motifs is 1. The van der Waals surface area contributed by atoms with Gasteiger partial charge in [0.2, 0.25) is 0 Å². The first-order valence-corrected chi connectivity index (χ1v) is 6.69. The molecule has 6 heteroatoms. The van der Waals surface area contributed by atoms with Gasteiger partial charge < -0.3 is 0 Å². The quantitative estimate of drug-likeness (QED) is 0.627. The minimum absolute atomic E-state index is 0.100. The molecule has 0 amide bonds. The summed E-state index contributed by atoms with van der Waals surface area (Å²) in [6.45, 7) is 0. The molecular weight excluding hydrogens is 305 g/mol. The molecule has 0 aliphatic carbocycles. The lowest BCUT2D eigenvalue weighted by Crippen LogP contribution is -2.00. The molecule has 0 saturated carbocycles. The Morgan fingerprint density at radius 2 is 1.80 bits per heavy atom. The van der Waals surface area contributed by atoms with Crippen molar-refractivity contribution in [3.63, 3.8) is 0 Å². The third-order valence-corrected chi connectivity index (χ3v) is 3.47. The number of aromatic nitrogens is 2. The Morgan fingerprint density at radius 3 is 2.45 bits per heavy atom. The van der Waals surface area contributed by atoms with Gasteiger partial charge >= 0.3 is 0 Å². The SMILES string of the molecule is Fc1cc(F)cc(-n2c(CCl)nc3c(Cl)cccc32)c1. The second-order valence-corrected chi connectivity index (χ2v) is 4.91. The Morgan fingerprint density at radius 1 is 1.10 bits per heavy atom. The first-order chi connectivity index (χ1) is 9.60. The molecule has 0 bridgehead atoms. The second kappa shape index (κ2) is 5.04. The van der Waals surface area contributed by atoms with Gasteiger partial charge in [-0.25, -0.2) is 13.8 Å². The molecule has 0 spiro atoms. The molecule has 2 nitrogen and oxygen atoms in total. The highest BCUT2D eigenvalue weighted by atomic mass is 35.5. The van der Waals surface area contributed by atoms with Crippen molar-refractivity contribution in [3.05, 3.63) is 58.9 Å². The van der Waals surface area contributed by atoms with E-state index < -0.39 is 11.6 Å². The van der Waals surface area contributed by atoms with Crippen LogP contribution in [0.5, 0.6) is 0 Å². The average molecular weight is 313 g/mol. The Kier molecular flexibility index (Phi) is 3.36. The van der Waals surface area contributed by atoms with Gasteiger partial charge in [0.25, 0.3) is 0 Å². The molecule has 20 heavy (non-hydrogen) atoms. The van der Waals surface area contributed by atoms with Crippen LogP contribution in [-0.4, -0.2) is 9.55 Å². The monoisotopic (exact) mass is 312 g/mol. The lowest BCUT2D eigenvalue weighted by Gasteiger charge is -2.08. The van der Waals surface area contributed by atoms with Crippen LogP contribution in [0.4, 0.5) is 8.78 Å². The summed E-state index contributed by atoms with van der Waals surface area (Å²) in [5.41, 5.74) is 1.52. The summed E-state index contributed by atoms with van der Waals surface area (Å²) in [5, 5.41) is 0.462. The summed E-state index contributed by atoms with van der Waals surface area (Å²) in [6.07, 6.45) is 0. The van der Waals surface area contributed by atoms with E-state index in [1.165, 1.54) is 12.1 Å². The molecule has 0 atom stereocenters. The maximum absolute atomic E-state index is 13.4. The fourth-order valence-corrected chi connectivity index (χ4v) is 2.55. The zero-order chi connectivity index (χ0) is 14.3. The molecule has 1 aromatic heterocycles. The standard InChI is InChI=1S/C14H8Cl2F2N2/c15-7-13-19-14-11(16)2-1-3-12(14)20(13)10-5-8(17)4-9(18)6-10/h1-6H,7H2. The van der Waals surface area contributed by atoms with Crippen molar-refractivity contribution in [1.82, 2.24) is 9.55 Å². The highest BCUT2D eigenvalue weighted by Crippen LogP contribution is 2.28. The van der Waals surface area contributed by atoms with Crippen LogP contribution in [0.15, 0.2) is 36.4 Å². The molecule has 0 unspecified atom stereocenters. The van der Waals surface area contributed by atoms with Crippen LogP contribution in [-0.2, 0) is 5.88 Å². The minimum Gasteiger partial charge on any atom is -0.295 e. The van der Waals surface area contributed by atoms with Gasteiger partial charge in [0.05, 0.1) is 22.1 Å². The first kappa shape index (κ1) is 13.3. The van der Waals surface area contributed by atoms with Crippen molar-refractivity contribution in [2.45, 2.75) is 5.88 Å². The number of rotatable bonds is 2. The fraction of sp³-hybridized carbons (Fsp3) is 0.0714. The van der Waals surface area contributed by atoms with Crippen LogP contribution in [0.2, 0.25) is 5.02 Å². The van der Waals surface area contributed by atoms with E-state index in [0.717, 1.165) is 6.07 Å². The molecular formula is C14H8Cl2F2N2. The molecule has 3 aromatic rings. The van der Waals surface area contributed by atoms with E-state index in [1.54, 1.807) is 22.8 Å². The summed E-state index contributed by atoms with van der Waals surface area (Å²) < 4.78 is 28.4. The lowest BCUT2D eigenvalue weighted by molar-refractivity contribution is 0.581. The van der Waals surface area contributed by atoms with E-state index in [1.807, 2.05) is 0 Å². The van der Waals surface area contributed by atoms with Gasteiger partial charge in [0.1, 0.15) is 23.0 Å². The van der Waals surface area contributed by atoms with Crippen molar-refractivity contribution >= 4 is 34.2 Å². The van der Waals surface area contributed by atoms with E-state index in [2.05, 4.69) is 4.98 Å². The van der Waals surface area contributed by atoms with Gasteiger partial charge in [-0.3, -0.25) is 4.57 Å². The third-order valence-electron chi connectivity index (χ3n) is 2.93. The number of hydrogen-bond acceptors (Lipinski definition) is 1. The van der Waals surface area contributed by atoms with E-state index >= 15 is 0 Å². The molecule has 0 fully saturated rings. The Labute approximate surface area is 123 Å². The first-order valence-electron chi connectivity index (χ1n) is 5.78. The maximum Gasteiger partial charge on any atom is 0.129 e. The molecule has 0 radical (unpaired) electrons. The molecule has 0 aliphatic heterocycles. The van der Waals surface area contributed by atoms with Crippen molar-refractivity contribution in [1.29, 1.82) is 0 Å². The van der Waals surface area contributed by atoms with Crippen molar-refractivity contribution < 1.29 is 8.78 Å². The summed E-state index contributed by atoms with van der Waals surface area (Å²) in [4.78, 5) is 4.32. The molecule has 1 heterocycles. The highest BCUT2D eigenvalue weighted by molar-refractivity contribution is 6.35. The highest BCUT2D eigenvalue weighted by Gasteiger charge is 2.15. The van der Waals surface area contributed by atoms with Crippen molar-refractivity contribution in [2.24, 2.45) is 0 Å². The van der Waals surface area contributed by atoms with Gasteiger partial charge in [-0.2, -0.15) is 0 Å². The molecule has 102 valence electrons. The van der Waals surface area contributed by atoms with Crippen molar-refractivity contribution in [2.75, 3.05) is 0 Å². The van der Waals surface area contributed by atoms with E-state index in [-0.39, 0.29) is 5.88 Å². The van der Waals surface area contributed by atoms with E-state index in [9.17, 15) is 8.78 Å². The molecule has 0 aliphatic rings. The zero-order valence-electron chi connectivity index (χ0n) is 10.1. The van der Waals surface area contributed by atoms with Gasteiger partial charge in [-0.1, -0.05) is 17.7 Å². The van der Waals surface area contributed by atoms with Crippen LogP contribution >= 0.6 is 23.2 Å². The Bertz CT molecular complexity index is 779. The third kappa shape index (κ3) is 2.15. The van der Waals surface area contributed by atoms with E-state index in [0.29, 0.717) is 27.6 Å². The summed E-state index contributed by atoms with van der Waals surface area (Å²) in [6, 6.07) is 8.48. The molecule has 0 saturated heterocycles. The number of hydrogen-bond donors (Lipinski definition) is 0. The topological polar surface area (TPSA) is 17.8 Å². The van der Waals surface area contributed by atoms with Crippen molar-refractivity contribution in [3.8, 4) is 5.69 Å².